The Balaban J connectivity index is 2.01. The summed E-state index contributed by atoms with van der Waals surface area (Å²) in [5, 5.41) is 9.22. The lowest BCUT2D eigenvalue weighted by Crippen LogP contribution is -2.38. The lowest BCUT2D eigenvalue weighted by atomic mass is 9.81. The van der Waals surface area contributed by atoms with Crippen LogP contribution in [0, 0.1) is 17.2 Å². The van der Waals surface area contributed by atoms with E-state index in [0.29, 0.717) is 30.0 Å². The molecule has 0 fully saturated rings. The standard InChI is InChI=1S/C29H34N2O3/c1-19(2)18-34-28(33)27-20(3)31(17-22-9-7-8-21(14-22)16-30)26(32)15-25(27)23-10-12-24(13-11-23)29(4,5)6/h7-14,19,25H,15,17-18H2,1-6H3. The minimum atomic E-state index is -0.376. The number of nitrogens with zero attached hydrogens (tertiary/aromatic N) is 2. The molecule has 2 aromatic rings. The van der Waals surface area contributed by atoms with Crippen molar-refractivity contribution < 1.29 is 14.3 Å². The van der Waals surface area contributed by atoms with Gasteiger partial charge in [0.05, 0.1) is 30.4 Å². The molecule has 1 amide bonds. The minimum absolute atomic E-state index is 0.0143. The van der Waals surface area contributed by atoms with E-state index in [2.05, 4.69) is 39.0 Å². The van der Waals surface area contributed by atoms with Crippen molar-refractivity contribution in [1.82, 2.24) is 4.90 Å². The number of benzene rings is 2. The Morgan fingerprint density at radius 1 is 1.18 bits per heavy atom. The van der Waals surface area contributed by atoms with Crippen LogP contribution in [0.1, 0.15) is 76.1 Å². The van der Waals surface area contributed by atoms with E-state index in [4.69, 9.17) is 4.74 Å². The van der Waals surface area contributed by atoms with Crippen molar-refractivity contribution in [3.05, 3.63) is 82.1 Å². The number of hydrogen-bond acceptors (Lipinski definition) is 4. The van der Waals surface area contributed by atoms with Crippen molar-refractivity contribution >= 4 is 11.9 Å². The van der Waals surface area contributed by atoms with Gasteiger partial charge in [0.25, 0.3) is 0 Å². The molecule has 5 nitrogen and oxygen atoms in total. The molecule has 2 aromatic carbocycles. The Morgan fingerprint density at radius 2 is 1.85 bits per heavy atom. The molecule has 0 saturated carbocycles. The Hall–Kier alpha value is -3.39. The quantitative estimate of drug-likeness (QED) is 0.510. The van der Waals surface area contributed by atoms with E-state index < -0.39 is 0 Å². The highest BCUT2D eigenvalue weighted by molar-refractivity contribution is 5.95. The smallest absolute Gasteiger partial charge is 0.336 e. The van der Waals surface area contributed by atoms with Gasteiger partial charge in [0.15, 0.2) is 0 Å². The molecule has 3 rings (SSSR count). The van der Waals surface area contributed by atoms with Gasteiger partial charge in [-0.2, -0.15) is 5.26 Å². The SMILES string of the molecule is CC1=C(C(=O)OCC(C)C)C(c2ccc(C(C)(C)C)cc2)CC(=O)N1Cc1cccc(C#N)c1. The van der Waals surface area contributed by atoms with Crippen LogP contribution in [0.4, 0.5) is 0 Å². The van der Waals surface area contributed by atoms with E-state index in [0.717, 1.165) is 11.1 Å². The van der Waals surface area contributed by atoms with Crippen LogP contribution in [0.2, 0.25) is 0 Å². The molecule has 1 heterocycles. The molecular formula is C29H34N2O3. The van der Waals surface area contributed by atoms with Crippen molar-refractivity contribution in [2.24, 2.45) is 5.92 Å². The van der Waals surface area contributed by atoms with Gasteiger partial charge < -0.3 is 9.64 Å². The zero-order valence-electron chi connectivity index (χ0n) is 21.0. The maximum Gasteiger partial charge on any atom is 0.336 e. The van der Waals surface area contributed by atoms with Crippen LogP contribution in [-0.2, 0) is 26.3 Å². The summed E-state index contributed by atoms with van der Waals surface area (Å²) in [5.41, 5.74) is 4.66. The monoisotopic (exact) mass is 458 g/mol. The molecule has 0 aliphatic carbocycles. The summed E-state index contributed by atoms with van der Waals surface area (Å²) < 4.78 is 5.64. The highest BCUT2D eigenvalue weighted by atomic mass is 16.5. The third-order valence-corrected chi connectivity index (χ3v) is 6.17. The first-order valence-electron chi connectivity index (χ1n) is 11.8. The molecule has 5 heteroatoms. The van der Waals surface area contributed by atoms with E-state index in [1.807, 2.05) is 39.0 Å². The third kappa shape index (κ3) is 5.75. The third-order valence-electron chi connectivity index (χ3n) is 6.17. The number of carbonyl (C=O) groups excluding carboxylic acids is 2. The van der Waals surface area contributed by atoms with Crippen LogP contribution in [0.3, 0.4) is 0 Å². The fourth-order valence-electron chi connectivity index (χ4n) is 4.21. The van der Waals surface area contributed by atoms with Gasteiger partial charge >= 0.3 is 5.97 Å². The molecule has 0 N–H and O–H groups in total. The number of carbonyl (C=O) groups is 2. The number of amides is 1. The van der Waals surface area contributed by atoms with Crippen LogP contribution >= 0.6 is 0 Å². The number of allylic oxidation sites excluding steroid dienone is 1. The normalized spacial score (nSPS) is 16.6. The van der Waals surface area contributed by atoms with E-state index in [9.17, 15) is 14.9 Å². The molecule has 0 saturated heterocycles. The molecule has 178 valence electrons. The van der Waals surface area contributed by atoms with Crippen molar-refractivity contribution in [2.45, 2.75) is 65.8 Å². The average Bonchev–Trinajstić information content (AvgIpc) is 2.79. The van der Waals surface area contributed by atoms with Gasteiger partial charge in [0, 0.05) is 18.0 Å². The fraction of sp³-hybridized carbons (Fsp3) is 0.414. The predicted octanol–water partition coefficient (Wildman–Crippen LogP) is 5.85. The van der Waals surface area contributed by atoms with Crippen molar-refractivity contribution in [1.29, 1.82) is 5.26 Å². The topological polar surface area (TPSA) is 70.4 Å². The van der Waals surface area contributed by atoms with Crippen molar-refractivity contribution in [2.75, 3.05) is 6.61 Å². The Labute approximate surface area is 203 Å². The molecule has 0 spiro atoms. The highest BCUT2D eigenvalue weighted by Gasteiger charge is 2.37. The minimum Gasteiger partial charge on any atom is -0.462 e. The van der Waals surface area contributed by atoms with E-state index >= 15 is 0 Å². The summed E-state index contributed by atoms with van der Waals surface area (Å²) in [6.45, 7) is 12.9. The van der Waals surface area contributed by atoms with Gasteiger partial charge in [0.1, 0.15) is 0 Å². The molecule has 0 aromatic heterocycles. The highest BCUT2D eigenvalue weighted by Crippen LogP contribution is 2.38. The van der Waals surface area contributed by atoms with Gasteiger partial charge in [-0.15, -0.1) is 0 Å². The van der Waals surface area contributed by atoms with E-state index in [-0.39, 0.29) is 35.5 Å². The lowest BCUT2D eigenvalue weighted by Gasteiger charge is -2.35. The van der Waals surface area contributed by atoms with Gasteiger partial charge in [-0.05, 0) is 47.1 Å². The Kier molecular flexibility index (Phi) is 7.61. The van der Waals surface area contributed by atoms with Crippen molar-refractivity contribution in [3.63, 3.8) is 0 Å². The maximum absolute atomic E-state index is 13.3. The fourth-order valence-corrected chi connectivity index (χ4v) is 4.21. The number of esters is 1. The van der Waals surface area contributed by atoms with Gasteiger partial charge in [-0.1, -0.05) is 71.0 Å². The first-order valence-corrected chi connectivity index (χ1v) is 11.8. The summed E-state index contributed by atoms with van der Waals surface area (Å²) in [6.07, 6.45) is 0.191. The predicted molar refractivity (Wildman–Crippen MR) is 133 cm³/mol. The second kappa shape index (κ2) is 10.3. The van der Waals surface area contributed by atoms with Gasteiger partial charge in [0.2, 0.25) is 5.91 Å². The second-order valence-electron chi connectivity index (χ2n) is 10.4. The summed E-state index contributed by atoms with van der Waals surface area (Å²) in [4.78, 5) is 28.2. The van der Waals surface area contributed by atoms with E-state index in [1.165, 1.54) is 5.56 Å². The molecule has 0 bridgehead atoms. The lowest BCUT2D eigenvalue weighted by molar-refractivity contribution is -0.141. The maximum atomic E-state index is 13.3. The molecule has 1 aliphatic rings. The molecule has 0 radical (unpaired) electrons. The van der Waals surface area contributed by atoms with Crippen LogP contribution in [0.15, 0.2) is 59.8 Å². The molecule has 1 atom stereocenters. The molecule has 1 aliphatic heterocycles. The first-order chi connectivity index (χ1) is 16.0. The largest absolute Gasteiger partial charge is 0.462 e. The Bertz CT molecular complexity index is 1130. The van der Waals surface area contributed by atoms with Gasteiger partial charge in [-0.3, -0.25) is 4.79 Å². The number of ether oxygens (including phenoxy) is 1. The number of rotatable bonds is 6. The van der Waals surface area contributed by atoms with Gasteiger partial charge in [-0.25, -0.2) is 4.79 Å². The number of nitriles is 1. The summed E-state index contributed by atoms with van der Waals surface area (Å²) in [5.74, 6) is -0.572. The second-order valence-corrected chi connectivity index (χ2v) is 10.4. The molecule has 34 heavy (non-hydrogen) atoms. The first kappa shape index (κ1) is 25.2. The summed E-state index contributed by atoms with van der Waals surface area (Å²) in [7, 11) is 0. The van der Waals surface area contributed by atoms with Crippen LogP contribution in [0.25, 0.3) is 0 Å². The Morgan fingerprint density at radius 3 is 2.44 bits per heavy atom. The van der Waals surface area contributed by atoms with Crippen LogP contribution in [-0.4, -0.2) is 23.4 Å². The molecule has 1 unspecified atom stereocenters. The summed E-state index contributed by atoms with van der Waals surface area (Å²) in [6, 6.07) is 17.5. The van der Waals surface area contributed by atoms with E-state index in [1.54, 1.807) is 23.1 Å². The number of hydrogen-bond donors (Lipinski definition) is 0. The van der Waals surface area contributed by atoms with Crippen LogP contribution < -0.4 is 0 Å². The van der Waals surface area contributed by atoms with Crippen molar-refractivity contribution in [3.8, 4) is 6.07 Å². The summed E-state index contributed by atoms with van der Waals surface area (Å²) >= 11 is 0. The average molecular weight is 459 g/mol. The zero-order valence-corrected chi connectivity index (χ0v) is 21.0. The van der Waals surface area contributed by atoms with Crippen LogP contribution in [0.5, 0.6) is 0 Å². The molecular weight excluding hydrogens is 424 g/mol. The zero-order chi connectivity index (χ0) is 25.0.